The predicted molar refractivity (Wildman–Crippen MR) is 59.4 cm³/mol. The van der Waals surface area contributed by atoms with Crippen molar-refractivity contribution in [3.63, 3.8) is 0 Å². The summed E-state index contributed by atoms with van der Waals surface area (Å²) in [7, 11) is 0.261. The number of aromatic hydroxyl groups is 1. The predicted octanol–water partition coefficient (Wildman–Crippen LogP) is 3.01. The molecule has 0 aliphatic rings. The number of para-hydroxylation sites is 2. The molecule has 1 aromatic carbocycles. The highest BCUT2D eigenvalue weighted by atomic mass is 31.2. The minimum atomic E-state index is -1.01. The number of nitrogens with one attached hydrogen (secondary N) is 2. The Labute approximate surface area is 84.6 Å². The molecule has 1 heterocycles. The Hall–Kier alpha value is -0.880. The van der Waals surface area contributed by atoms with E-state index in [1.54, 1.807) is 18.2 Å². The fraction of sp³-hybridized carbons (Fsp3) is 0. The Morgan fingerprint density at radius 3 is 3.07 bits per heavy atom. The van der Waals surface area contributed by atoms with Crippen LogP contribution in [0.15, 0.2) is 24.3 Å². The van der Waals surface area contributed by atoms with Gasteiger partial charge in [-0.05, 0) is 12.1 Å². The summed E-state index contributed by atoms with van der Waals surface area (Å²) < 4.78 is 15.7. The molecule has 2 unspecified atom stereocenters. The lowest BCUT2D eigenvalue weighted by Gasteiger charge is -2.04. The Bertz CT molecular complexity index is 428. The third-order valence-corrected chi connectivity index (χ3v) is 4.87. The van der Waals surface area contributed by atoms with E-state index in [2.05, 4.69) is 13.5 Å². The van der Waals surface area contributed by atoms with E-state index < -0.39 is 8.08 Å². The summed E-state index contributed by atoms with van der Waals surface area (Å²) in [5.74, 6) is 0.613. The molecule has 74 valence electrons. The fourth-order valence-electron chi connectivity index (χ4n) is 0.852. The van der Waals surface area contributed by atoms with E-state index in [0.29, 0.717) is 14.3 Å². The van der Waals surface area contributed by atoms with Gasteiger partial charge in [0.2, 0.25) is 0 Å². The first-order valence-corrected chi connectivity index (χ1v) is 6.84. The van der Waals surface area contributed by atoms with Gasteiger partial charge in [-0.25, -0.2) is 0 Å². The second-order valence-corrected chi connectivity index (χ2v) is 6.05. The van der Waals surface area contributed by atoms with Gasteiger partial charge < -0.3 is 14.1 Å². The van der Waals surface area contributed by atoms with Crippen LogP contribution in [-0.2, 0) is 0 Å². The van der Waals surface area contributed by atoms with E-state index in [1.807, 2.05) is 6.07 Å². The first-order valence-electron chi connectivity index (χ1n) is 3.78. The highest BCUT2D eigenvalue weighted by Crippen LogP contribution is 2.32. The number of hydrogen-bond acceptors (Lipinski definition) is 3. The minimum absolute atomic E-state index is 0.144. The molecule has 3 N–H and O–H groups in total. The lowest BCUT2D eigenvalue weighted by atomic mass is 10.3. The van der Waals surface area contributed by atoms with Gasteiger partial charge in [0.25, 0.3) is 8.08 Å². The van der Waals surface area contributed by atoms with Crippen molar-refractivity contribution in [2.45, 2.75) is 0 Å². The zero-order chi connectivity index (χ0) is 9.80. The van der Waals surface area contributed by atoms with Crippen molar-refractivity contribution in [3.05, 3.63) is 24.3 Å². The molecule has 2 atom stereocenters. The smallest absolute Gasteiger partial charge is 0.263 e. The van der Waals surface area contributed by atoms with Crippen LogP contribution >= 0.6 is 25.1 Å². The number of aromatic nitrogens is 3. The molecule has 14 heavy (non-hydrogen) atoms. The fourth-order valence-corrected chi connectivity index (χ4v) is 4.24. The largest absolute Gasteiger partial charge is 0.504 e. The molecule has 0 amide bonds. The zero-order valence-electron chi connectivity index (χ0n) is 7.01. The van der Waals surface area contributed by atoms with Crippen LogP contribution in [0, 0.1) is 0 Å². The quantitative estimate of drug-likeness (QED) is 0.763. The third kappa shape index (κ3) is 2.33. The normalized spacial score (nSPS) is 12.1. The summed E-state index contributed by atoms with van der Waals surface area (Å²) in [6, 6.07) is 6.87. The van der Waals surface area contributed by atoms with Gasteiger partial charge >= 0.3 is 0 Å². The highest BCUT2D eigenvalue weighted by molar-refractivity contribution is 7.50. The lowest BCUT2D eigenvalue weighted by molar-refractivity contribution is 0.447. The molecule has 0 fully saturated rings. The summed E-state index contributed by atoms with van der Waals surface area (Å²) >= 11 is 0. The SMILES string of the molecule is Oc1ccccc1Op1np[nH][pH][nH]1. The molecule has 2 rings (SSSR count). The van der Waals surface area contributed by atoms with Gasteiger partial charge in [-0.15, -0.1) is 4.51 Å². The zero-order valence-corrected chi connectivity index (χ0v) is 9.80. The highest BCUT2D eigenvalue weighted by Gasteiger charge is 2.01. The van der Waals surface area contributed by atoms with Gasteiger partial charge in [0, 0.05) is 8.51 Å². The maximum atomic E-state index is 9.44. The maximum Gasteiger partial charge on any atom is 0.263 e. The van der Waals surface area contributed by atoms with Crippen LogP contribution in [0.25, 0.3) is 0 Å². The van der Waals surface area contributed by atoms with Crippen molar-refractivity contribution < 1.29 is 9.63 Å². The van der Waals surface area contributed by atoms with Crippen LogP contribution in [0.3, 0.4) is 0 Å². The van der Waals surface area contributed by atoms with Crippen LogP contribution in [0.2, 0.25) is 0 Å². The van der Waals surface area contributed by atoms with Gasteiger partial charge in [-0.3, -0.25) is 4.51 Å². The van der Waals surface area contributed by atoms with Crippen molar-refractivity contribution in [3.8, 4) is 11.5 Å². The van der Waals surface area contributed by atoms with Crippen molar-refractivity contribution in [2.24, 2.45) is 0 Å². The molecule has 0 spiro atoms. The summed E-state index contributed by atoms with van der Waals surface area (Å²) in [4.78, 5) is 0. The standard InChI is InChI=1S/C6H8N3O2P3/c10-5-3-1-2-4-6(5)11-14-8-12-7-13-9-14/h1-4,8,10,12H,(H,7,9). The van der Waals surface area contributed by atoms with E-state index in [0.717, 1.165) is 8.51 Å². The summed E-state index contributed by atoms with van der Waals surface area (Å²) in [6.45, 7) is 0. The molecule has 1 aromatic heterocycles. The van der Waals surface area contributed by atoms with Gasteiger partial charge in [0.1, 0.15) is 8.51 Å². The summed E-state index contributed by atoms with van der Waals surface area (Å²) in [6.07, 6.45) is 0. The summed E-state index contributed by atoms with van der Waals surface area (Å²) in [5, 5.41) is 9.44. The van der Waals surface area contributed by atoms with Crippen molar-refractivity contribution in [1.29, 1.82) is 0 Å². The molecular weight excluding hydrogens is 239 g/mol. The maximum absolute atomic E-state index is 9.44. The first kappa shape index (κ1) is 9.67. The number of rotatable bonds is 2. The number of phenols is 1. The van der Waals surface area contributed by atoms with E-state index in [4.69, 9.17) is 4.52 Å². The van der Waals surface area contributed by atoms with Gasteiger partial charge in [0.05, 0.1) is 0 Å². The van der Waals surface area contributed by atoms with Crippen molar-refractivity contribution in [2.75, 3.05) is 0 Å². The van der Waals surface area contributed by atoms with Crippen LogP contribution in [0.5, 0.6) is 11.5 Å². The van der Waals surface area contributed by atoms with Crippen LogP contribution in [0.4, 0.5) is 0 Å². The van der Waals surface area contributed by atoms with Crippen LogP contribution in [0.1, 0.15) is 0 Å². The molecule has 0 saturated heterocycles. The van der Waals surface area contributed by atoms with Gasteiger partial charge in [0.15, 0.2) is 11.5 Å². The number of phenolic OH excluding ortho intramolecular Hbond substituents is 1. The number of aromatic amines is 2. The Kier molecular flexibility index (Phi) is 3.15. The van der Waals surface area contributed by atoms with Gasteiger partial charge in [-0.1, -0.05) is 12.1 Å². The summed E-state index contributed by atoms with van der Waals surface area (Å²) in [5.41, 5.74) is 0. The van der Waals surface area contributed by atoms with E-state index in [1.165, 1.54) is 0 Å². The molecule has 0 saturated carbocycles. The van der Waals surface area contributed by atoms with Crippen LogP contribution < -0.4 is 4.52 Å². The topological polar surface area (TPSA) is 73.9 Å². The molecule has 0 radical (unpaired) electrons. The Balaban J connectivity index is 2.24. The molecule has 2 aromatic rings. The lowest BCUT2D eigenvalue weighted by Crippen LogP contribution is -1.82. The van der Waals surface area contributed by atoms with E-state index >= 15 is 0 Å². The molecule has 0 aliphatic carbocycles. The molecular formula is C6H8N3O2P3. The second-order valence-electron chi connectivity index (χ2n) is 2.37. The second kappa shape index (κ2) is 4.56. The van der Waals surface area contributed by atoms with Gasteiger partial charge in [-0.2, -0.15) is 0 Å². The first-order chi connectivity index (χ1) is 6.86. The van der Waals surface area contributed by atoms with Crippen molar-refractivity contribution in [1.82, 2.24) is 13.5 Å². The van der Waals surface area contributed by atoms with E-state index in [-0.39, 0.29) is 5.75 Å². The monoisotopic (exact) mass is 247 g/mol. The number of hydrogen-bond donors (Lipinski definition) is 3. The van der Waals surface area contributed by atoms with Crippen LogP contribution in [-0.4, -0.2) is 18.6 Å². The van der Waals surface area contributed by atoms with Crippen molar-refractivity contribution >= 4 is 25.1 Å². The molecule has 8 heteroatoms. The average Bonchev–Trinajstić information content (AvgIpc) is 2.23. The minimum Gasteiger partial charge on any atom is -0.504 e. The number of nitrogens with zero attached hydrogens (tertiary/aromatic N) is 1. The Morgan fingerprint density at radius 2 is 2.36 bits per heavy atom. The third-order valence-electron chi connectivity index (χ3n) is 1.43. The number of H-pyrrole nitrogens is 2. The van der Waals surface area contributed by atoms with E-state index in [9.17, 15) is 5.11 Å². The molecule has 5 nitrogen and oxygen atoms in total. The Morgan fingerprint density at radius 1 is 1.50 bits per heavy atom. The average molecular weight is 247 g/mol. The molecule has 0 aliphatic heterocycles. The number of benzene rings is 1. The molecule has 0 bridgehead atoms.